The molecule has 0 saturated heterocycles. The van der Waals surface area contributed by atoms with Crippen molar-refractivity contribution in [1.29, 1.82) is 0 Å². The molecule has 0 aromatic heterocycles. The van der Waals surface area contributed by atoms with Crippen molar-refractivity contribution < 1.29 is 14.3 Å². The average molecular weight is 364 g/mol. The molecule has 0 bridgehead atoms. The van der Waals surface area contributed by atoms with Gasteiger partial charge in [-0.05, 0) is 25.5 Å². The van der Waals surface area contributed by atoms with Crippen molar-refractivity contribution in [1.82, 2.24) is 9.80 Å². The smallest absolute Gasteiger partial charge is 0.277 e. The largest absolute Gasteiger partial charge is 0.496 e. The molecule has 0 saturated carbocycles. The van der Waals surface area contributed by atoms with Gasteiger partial charge < -0.3 is 9.64 Å². The van der Waals surface area contributed by atoms with Crippen LogP contribution in [0.1, 0.15) is 25.0 Å². The number of carbonyl (C=O) groups excluding carboxylic acids is 2. The maximum Gasteiger partial charge on any atom is 0.277 e. The molecule has 27 heavy (non-hydrogen) atoms. The molecule has 0 N–H and O–H groups in total. The Hall–Kier alpha value is -3.08. The highest BCUT2D eigenvalue weighted by Gasteiger charge is 2.41. The van der Waals surface area contributed by atoms with Crippen LogP contribution < -0.4 is 4.74 Å². The molecule has 0 radical (unpaired) electrons. The Bertz CT molecular complexity index is 874. The standard InChI is InChI=1S/C22H24N2O3/c1-4-23(15-16-11-7-6-8-12-16)20-19(21(25)24(5-2)22(20)26)17-13-9-10-14-18(17)27-3/h6-14H,4-5,15H2,1-3H3. The molecule has 0 unspecified atom stereocenters. The van der Waals surface area contributed by atoms with Gasteiger partial charge in [-0.2, -0.15) is 0 Å². The Morgan fingerprint density at radius 1 is 0.926 bits per heavy atom. The van der Waals surface area contributed by atoms with Gasteiger partial charge in [-0.15, -0.1) is 0 Å². The summed E-state index contributed by atoms with van der Waals surface area (Å²) in [6.45, 7) is 5.30. The van der Waals surface area contributed by atoms with E-state index in [1.54, 1.807) is 13.2 Å². The van der Waals surface area contributed by atoms with Crippen molar-refractivity contribution >= 4 is 17.4 Å². The number of likely N-dealkylation sites (N-methyl/N-ethyl adjacent to an activating group) is 2. The van der Waals surface area contributed by atoms with Crippen molar-refractivity contribution in [3.05, 3.63) is 71.4 Å². The van der Waals surface area contributed by atoms with Gasteiger partial charge in [0.15, 0.2) is 0 Å². The number of ether oxygens (including phenoxy) is 1. The van der Waals surface area contributed by atoms with E-state index in [1.165, 1.54) is 4.90 Å². The molecule has 1 heterocycles. The Kier molecular flexibility index (Phi) is 5.60. The molecule has 5 nitrogen and oxygen atoms in total. The second-order valence-corrected chi connectivity index (χ2v) is 6.28. The molecule has 1 aliphatic heterocycles. The van der Waals surface area contributed by atoms with Gasteiger partial charge in [0.25, 0.3) is 11.8 Å². The first kappa shape index (κ1) is 18.7. The van der Waals surface area contributed by atoms with E-state index in [1.807, 2.05) is 67.3 Å². The maximum atomic E-state index is 13.1. The second-order valence-electron chi connectivity index (χ2n) is 6.28. The van der Waals surface area contributed by atoms with Gasteiger partial charge in [-0.3, -0.25) is 14.5 Å². The van der Waals surface area contributed by atoms with Crippen LogP contribution in [0.5, 0.6) is 5.75 Å². The molecule has 2 aromatic carbocycles. The quantitative estimate of drug-likeness (QED) is 0.707. The van der Waals surface area contributed by atoms with E-state index in [0.717, 1.165) is 5.56 Å². The normalized spacial score (nSPS) is 14.1. The first-order chi connectivity index (χ1) is 13.1. The zero-order valence-corrected chi connectivity index (χ0v) is 15.9. The van der Waals surface area contributed by atoms with Crippen LogP contribution in [-0.2, 0) is 16.1 Å². The first-order valence-corrected chi connectivity index (χ1v) is 9.15. The molecule has 0 fully saturated rings. The fourth-order valence-electron chi connectivity index (χ4n) is 3.39. The lowest BCUT2D eigenvalue weighted by molar-refractivity contribution is -0.137. The van der Waals surface area contributed by atoms with Crippen LogP contribution in [-0.4, -0.2) is 41.8 Å². The Morgan fingerprint density at radius 2 is 1.59 bits per heavy atom. The van der Waals surface area contributed by atoms with Gasteiger partial charge >= 0.3 is 0 Å². The van der Waals surface area contributed by atoms with Gasteiger partial charge in [0.2, 0.25) is 0 Å². The number of rotatable bonds is 7. The maximum absolute atomic E-state index is 13.1. The van der Waals surface area contributed by atoms with E-state index in [2.05, 4.69) is 0 Å². The molecule has 140 valence electrons. The Labute approximate surface area is 159 Å². The summed E-state index contributed by atoms with van der Waals surface area (Å²) in [5.41, 5.74) is 2.59. The molecule has 0 atom stereocenters. The van der Waals surface area contributed by atoms with E-state index < -0.39 is 0 Å². The molecule has 3 rings (SSSR count). The van der Waals surface area contributed by atoms with Crippen LogP contribution >= 0.6 is 0 Å². The molecular weight excluding hydrogens is 340 g/mol. The van der Waals surface area contributed by atoms with Gasteiger partial charge in [-0.1, -0.05) is 48.5 Å². The minimum Gasteiger partial charge on any atom is -0.496 e. The van der Waals surface area contributed by atoms with Crippen LogP contribution in [0.15, 0.2) is 60.3 Å². The Balaban J connectivity index is 2.14. The number of hydrogen-bond donors (Lipinski definition) is 0. The fourth-order valence-corrected chi connectivity index (χ4v) is 3.39. The molecule has 1 aliphatic rings. The molecule has 2 amide bonds. The summed E-state index contributed by atoms with van der Waals surface area (Å²) in [5.74, 6) is 0.0644. The summed E-state index contributed by atoms with van der Waals surface area (Å²) in [6, 6.07) is 17.3. The third-order valence-corrected chi connectivity index (χ3v) is 4.75. The summed E-state index contributed by atoms with van der Waals surface area (Å²) < 4.78 is 5.46. The van der Waals surface area contributed by atoms with Crippen LogP contribution in [0.3, 0.4) is 0 Å². The van der Waals surface area contributed by atoms with E-state index in [-0.39, 0.29) is 11.8 Å². The molecule has 0 aliphatic carbocycles. The third-order valence-electron chi connectivity index (χ3n) is 4.75. The van der Waals surface area contributed by atoms with E-state index in [9.17, 15) is 9.59 Å². The molecular formula is C22H24N2O3. The SMILES string of the molecule is CCN(Cc1ccccc1)C1=C(c2ccccc2OC)C(=O)N(CC)C1=O. The summed E-state index contributed by atoms with van der Waals surface area (Å²) >= 11 is 0. The minimum atomic E-state index is -0.270. The van der Waals surface area contributed by atoms with Crippen molar-refractivity contribution in [2.75, 3.05) is 20.2 Å². The van der Waals surface area contributed by atoms with Crippen molar-refractivity contribution in [2.45, 2.75) is 20.4 Å². The van der Waals surface area contributed by atoms with Crippen LogP contribution in [0.25, 0.3) is 5.57 Å². The first-order valence-electron chi connectivity index (χ1n) is 9.15. The number of para-hydroxylation sites is 1. The van der Waals surface area contributed by atoms with E-state index in [0.29, 0.717) is 42.2 Å². The summed E-state index contributed by atoms with van der Waals surface area (Å²) in [7, 11) is 1.57. The fraction of sp³-hybridized carbons (Fsp3) is 0.273. The number of methoxy groups -OCH3 is 1. The topological polar surface area (TPSA) is 49.9 Å². The van der Waals surface area contributed by atoms with Crippen molar-refractivity contribution in [2.24, 2.45) is 0 Å². The van der Waals surface area contributed by atoms with Crippen LogP contribution in [0, 0.1) is 0 Å². The summed E-state index contributed by atoms with van der Waals surface area (Å²) in [6.07, 6.45) is 0. The van der Waals surface area contributed by atoms with Gasteiger partial charge in [0.05, 0.1) is 12.7 Å². The predicted molar refractivity (Wildman–Crippen MR) is 105 cm³/mol. The predicted octanol–water partition coefficient (Wildman–Crippen LogP) is 3.32. The van der Waals surface area contributed by atoms with E-state index in [4.69, 9.17) is 4.74 Å². The number of amides is 2. The van der Waals surface area contributed by atoms with Crippen molar-refractivity contribution in [3.63, 3.8) is 0 Å². The Morgan fingerprint density at radius 3 is 2.22 bits per heavy atom. The highest BCUT2D eigenvalue weighted by molar-refractivity contribution is 6.36. The van der Waals surface area contributed by atoms with Gasteiger partial charge in [0.1, 0.15) is 11.4 Å². The monoisotopic (exact) mass is 364 g/mol. The zero-order valence-electron chi connectivity index (χ0n) is 15.9. The highest BCUT2D eigenvalue weighted by Crippen LogP contribution is 2.36. The number of nitrogens with zero attached hydrogens (tertiary/aromatic N) is 2. The molecule has 0 spiro atoms. The zero-order chi connectivity index (χ0) is 19.4. The number of hydrogen-bond acceptors (Lipinski definition) is 4. The lowest BCUT2D eigenvalue weighted by Gasteiger charge is -2.25. The van der Waals surface area contributed by atoms with Gasteiger partial charge in [0, 0.05) is 25.2 Å². The number of imide groups is 1. The molecule has 2 aromatic rings. The summed E-state index contributed by atoms with van der Waals surface area (Å²) in [4.78, 5) is 29.4. The minimum absolute atomic E-state index is 0.249. The summed E-state index contributed by atoms with van der Waals surface area (Å²) in [5, 5.41) is 0. The number of carbonyl (C=O) groups is 2. The highest BCUT2D eigenvalue weighted by atomic mass is 16.5. The average Bonchev–Trinajstić information content (AvgIpc) is 2.96. The lowest BCUT2D eigenvalue weighted by atomic mass is 10.0. The van der Waals surface area contributed by atoms with Crippen molar-refractivity contribution in [3.8, 4) is 5.75 Å². The van der Waals surface area contributed by atoms with Crippen LogP contribution in [0.4, 0.5) is 0 Å². The van der Waals surface area contributed by atoms with Crippen LogP contribution in [0.2, 0.25) is 0 Å². The second kappa shape index (κ2) is 8.08. The third kappa shape index (κ3) is 3.45. The van der Waals surface area contributed by atoms with E-state index >= 15 is 0 Å². The number of benzene rings is 2. The lowest BCUT2D eigenvalue weighted by Crippen LogP contribution is -2.34. The molecule has 5 heteroatoms. The van der Waals surface area contributed by atoms with Gasteiger partial charge in [-0.25, -0.2) is 0 Å².